The SMILES string of the molecule is COCCOc1n[nH]c2ccccc12. The average molecular weight is 192 g/mol. The van der Waals surface area contributed by atoms with E-state index < -0.39 is 0 Å². The van der Waals surface area contributed by atoms with E-state index in [1.807, 2.05) is 24.3 Å². The summed E-state index contributed by atoms with van der Waals surface area (Å²) in [5.74, 6) is 0.637. The van der Waals surface area contributed by atoms with E-state index in [0.29, 0.717) is 19.1 Å². The maximum atomic E-state index is 5.43. The van der Waals surface area contributed by atoms with Gasteiger partial charge in [-0.1, -0.05) is 12.1 Å². The molecule has 0 aliphatic heterocycles. The Morgan fingerprint density at radius 2 is 2.14 bits per heavy atom. The first-order valence-corrected chi connectivity index (χ1v) is 4.46. The molecular weight excluding hydrogens is 180 g/mol. The number of nitrogens with one attached hydrogen (secondary N) is 1. The summed E-state index contributed by atoms with van der Waals surface area (Å²) in [7, 11) is 1.64. The molecule has 0 atom stereocenters. The van der Waals surface area contributed by atoms with Crippen LogP contribution in [-0.4, -0.2) is 30.5 Å². The van der Waals surface area contributed by atoms with Crippen LogP contribution in [0.4, 0.5) is 0 Å². The minimum Gasteiger partial charge on any atom is -0.474 e. The maximum absolute atomic E-state index is 5.43. The Balaban J connectivity index is 2.17. The number of aromatic nitrogens is 2. The minimum atomic E-state index is 0.519. The first-order valence-electron chi connectivity index (χ1n) is 4.46. The summed E-state index contributed by atoms with van der Waals surface area (Å²) >= 11 is 0. The first kappa shape index (κ1) is 9.02. The summed E-state index contributed by atoms with van der Waals surface area (Å²) in [4.78, 5) is 0. The van der Waals surface area contributed by atoms with Gasteiger partial charge in [0.25, 0.3) is 0 Å². The van der Waals surface area contributed by atoms with Crippen molar-refractivity contribution in [3.63, 3.8) is 0 Å². The van der Waals surface area contributed by atoms with Crippen LogP contribution >= 0.6 is 0 Å². The molecule has 14 heavy (non-hydrogen) atoms. The van der Waals surface area contributed by atoms with E-state index in [0.717, 1.165) is 10.9 Å². The second kappa shape index (κ2) is 4.11. The molecule has 0 bridgehead atoms. The normalized spacial score (nSPS) is 10.6. The molecule has 1 aromatic carbocycles. The van der Waals surface area contributed by atoms with Crippen molar-refractivity contribution in [3.8, 4) is 5.88 Å². The summed E-state index contributed by atoms with van der Waals surface area (Å²) in [5.41, 5.74) is 0.986. The molecule has 4 nitrogen and oxygen atoms in total. The third kappa shape index (κ3) is 1.70. The monoisotopic (exact) mass is 192 g/mol. The van der Waals surface area contributed by atoms with Gasteiger partial charge in [-0.2, -0.15) is 0 Å². The number of hydrogen-bond acceptors (Lipinski definition) is 3. The topological polar surface area (TPSA) is 47.1 Å². The second-order valence-corrected chi connectivity index (χ2v) is 2.92. The molecule has 2 rings (SSSR count). The summed E-state index contributed by atoms with van der Waals surface area (Å²) in [6, 6.07) is 7.85. The lowest BCUT2D eigenvalue weighted by Gasteiger charge is -2.01. The van der Waals surface area contributed by atoms with Crippen molar-refractivity contribution in [2.75, 3.05) is 20.3 Å². The highest BCUT2D eigenvalue weighted by atomic mass is 16.5. The number of nitrogens with zero attached hydrogens (tertiary/aromatic N) is 1. The fraction of sp³-hybridized carbons (Fsp3) is 0.300. The predicted molar refractivity (Wildman–Crippen MR) is 53.5 cm³/mol. The van der Waals surface area contributed by atoms with Crippen LogP contribution in [0.5, 0.6) is 5.88 Å². The van der Waals surface area contributed by atoms with Crippen molar-refractivity contribution >= 4 is 10.9 Å². The van der Waals surface area contributed by atoms with E-state index in [1.54, 1.807) is 7.11 Å². The van der Waals surface area contributed by atoms with Gasteiger partial charge in [0, 0.05) is 7.11 Å². The zero-order valence-electron chi connectivity index (χ0n) is 7.99. The van der Waals surface area contributed by atoms with E-state index in [2.05, 4.69) is 10.2 Å². The molecule has 0 fully saturated rings. The zero-order chi connectivity index (χ0) is 9.80. The molecule has 4 heteroatoms. The number of rotatable bonds is 4. The van der Waals surface area contributed by atoms with E-state index in [9.17, 15) is 0 Å². The Hall–Kier alpha value is -1.55. The summed E-state index contributed by atoms with van der Waals surface area (Å²) < 4.78 is 10.3. The number of hydrogen-bond donors (Lipinski definition) is 1. The highest BCUT2D eigenvalue weighted by molar-refractivity contribution is 5.83. The van der Waals surface area contributed by atoms with Crippen molar-refractivity contribution < 1.29 is 9.47 Å². The molecule has 2 aromatic rings. The summed E-state index contributed by atoms with van der Waals surface area (Å²) in [6.07, 6.45) is 0. The molecular formula is C10H12N2O2. The Labute approximate surface area is 81.8 Å². The summed E-state index contributed by atoms with van der Waals surface area (Å²) in [6.45, 7) is 1.09. The smallest absolute Gasteiger partial charge is 0.240 e. The van der Waals surface area contributed by atoms with Crippen LogP contribution in [-0.2, 0) is 4.74 Å². The minimum absolute atomic E-state index is 0.519. The second-order valence-electron chi connectivity index (χ2n) is 2.92. The van der Waals surface area contributed by atoms with E-state index in [-0.39, 0.29) is 0 Å². The molecule has 1 N–H and O–H groups in total. The zero-order valence-corrected chi connectivity index (χ0v) is 7.99. The molecule has 0 aliphatic carbocycles. The Kier molecular flexibility index (Phi) is 2.65. The fourth-order valence-electron chi connectivity index (χ4n) is 1.27. The van der Waals surface area contributed by atoms with Gasteiger partial charge in [-0.15, -0.1) is 5.10 Å². The van der Waals surface area contributed by atoms with Crippen LogP contribution in [0.2, 0.25) is 0 Å². The third-order valence-corrected chi connectivity index (χ3v) is 1.96. The standard InChI is InChI=1S/C10H12N2O2/c1-13-6-7-14-10-8-4-2-3-5-9(8)11-12-10/h2-5H,6-7H2,1H3,(H,11,12). The number of benzene rings is 1. The number of para-hydroxylation sites is 1. The Bertz CT molecular complexity index is 411. The third-order valence-electron chi connectivity index (χ3n) is 1.96. The van der Waals surface area contributed by atoms with Gasteiger partial charge in [-0.3, -0.25) is 5.10 Å². The van der Waals surface area contributed by atoms with Crippen LogP contribution in [0.3, 0.4) is 0 Å². The van der Waals surface area contributed by atoms with Crippen LogP contribution < -0.4 is 4.74 Å². The van der Waals surface area contributed by atoms with Crippen molar-refractivity contribution in [3.05, 3.63) is 24.3 Å². The van der Waals surface area contributed by atoms with Crippen LogP contribution in [0.25, 0.3) is 10.9 Å². The van der Waals surface area contributed by atoms with Crippen LogP contribution in [0.1, 0.15) is 0 Å². The fourth-order valence-corrected chi connectivity index (χ4v) is 1.27. The van der Waals surface area contributed by atoms with Gasteiger partial charge in [0.2, 0.25) is 5.88 Å². The highest BCUT2D eigenvalue weighted by Crippen LogP contribution is 2.21. The molecule has 0 amide bonds. The maximum Gasteiger partial charge on any atom is 0.240 e. The van der Waals surface area contributed by atoms with Crippen molar-refractivity contribution in [1.29, 1.82) is 0 Å². The van der Waals surface area contributed by atoms with Gasteiger partial charge < -0.3 is 9.47 Å². The Morgan fingerprint density at radius 1 is 1.29 bits per heavy atom. The summed E-state index contributed by atoms with van der Waals surface area (Å²) in [5, 5.41) is 7.97. The van der Waals surface area contributed by atoms with Crippen molar-refractivity contribution in [2.45, 2.75) is 0 Å². The molecule has 0 saturated heterocycles. The van der Waals surface area contributed by atoms with Gasteiger partial charge in [0.1, 0.15) is 6.61 Å². The van der Waals surface area contributed by atoms with Gasteiger partial charge in [0.05, 0.1) is 17.5 Å². The molecule has 0 spiro atoms. The van der Waals surface area contributed by atoms with E-state index in [4.69, 9.17) is 9.47 Å². The Morgan fingerprint density at radius 3 is 3.00 bits per heavy atom. The number of ether oxygens (including phenoxy) is 2. The molecule has 1 aromatic heterocycles. The van der Waals surface area contributed by atoms with Crippen molar-refractivity contribution in [2.24, 2.45) is 0 Å². The van der Waals surface area contributed by atoms with Crippen LogP contribution in [0, 0.1) is 0 Å². The molecule has 0 aliphatic rings. The lowest BCUT2D eigenvalue weighted by atomic mass is 10.2. The lowest BCUT2D eigenvalue weighted by molar-refractivity contribution is 0.144. The quantitative estimate of drug-likeness (QED) is 0.748. The lowest BCUT2D eigenvalue weighted by Crippen LogP contribution is -2.04. The number of methoxy groups -OCH3 is 1. The predicted octanol–water partition coefficient (Wildman–Crippen LogP) is 1.59. The van der Waals surface area contributed by atoms with Crippen molar-refractivity contribution in [1.82, 2.24) is 10.2 Å². The molecule has 74 valence electrons. The number of aromatic amines is 1. The average Bonchev–Trinajstić information content (AvgIpc) is 2.63. The largest absolute Gasteiger partial charge is 0.474 e. The number of fused-ring (bicyclic) bond motifs is 1. The molecule has 0 unspecified atom stereocenters. The van der Waals surface area contributed by atoms with E-state index in [1.165, 1.54) is 0 Å². The molecule has 1 heterocycles. The van der Waals surface area contributed by atoms with Crippen LogP contribution in [0.15, 0.2) is 24.3 Å². The first-order chi connectivity index (χ1) is 6.92. The van der Waals surface area contributed by atoms with Gasteiger partial charge in [0.15, 0.2) is 0 Å². The van der Waals surface area contributed by atoms with E-state index >= 15 is 0 Å². The van der Waals surface area contributed by atoms with Gasteiger partial charge in [-0.25, -0.2) is 0 Å². The number of H-pyrrole nitrogens is 1. The van der Waals surface area contributed by atoms with Gasteiger partial charge >= 0.3 is 0 Å². The molecule has 0 radical (unpaired) electrons. The van der Waals surface area contributed by atoms with Gasteiger partial charge in [-0.05, 0) is 12.1 Å². The highest BCUT2D eigenvalue weighted by Gasteiger charge is 2.04. The molecule has 0 saturated carbocycles.